The van der Waals surface area contributed by atoms with Gasteiger partial charge in [-0.1, -0.05) is 42.5 Å². The topological polar surface area (TPSA) is 55.8 Å². The number of carbonyl (C=O) groups excluding carboxylic acids is 2. The molecule has 0 bridgehead atoms. The Hall–Kier alpha value is -2.82. The van der Waals surface area contributed by atoms with Crippen molar-refractivity contribution in [3.05, 3.63) is 65.7 Å². The van der Waals surface area contributed by atoms with Crippen LogP contribution in [-0.2, 0) is 14.3 Å². The molecule has 2 aromatic rings. The van der Waals surface area contributed by atoms with Gasteiger partial charge in [0.25, 0.3) is 5.91 Å². The van der Waals surface area contributed by atoms with Crippen LogP contribution in [0.25, 0.3) is 0 Å². The highest BCUT2D eigenvalue weighted by molar-refractivity contribution is 5.91. The molecule has 25 heavy (non-hydrogen) atoms. The van der Waals surface area contributed by atoms with Gasteiger partial charge in [-0.25, -0.2) is 0 Å². The Kier molecular flexibility index (Phi) is 4.74. The zero-order valence-corrected chi connectivity index (χ0v) is 14.5. The van der Waals surface area contributed by atoms with E-state index in [0.717, 1.165) is 16.9 Å². The predicted molar refractivity (Wildman–Crippen MR) is 93.0 cm³/mol. The van der Waals surface area contributed by atoms with E-state index in [4.69, 9.17) is 9.47 Å². The molecule has 0 aromatic heterocycles. The van der Waals surface area contributed by atoms with Crippen molar-refractivity contribution in [3.8, 4) is 5.75 Å². The summed E-state index contributed by atoms with van der Waals surface area (Å²) in [5, 5.41) is 0. The molecule has 0 N–H and O–H groups in total. The lowest BCUT2D eigenvalue weighted by molar-refractivity contribution is -0.186. The fourth-order valence-corrected chi connectivity index (χ4v) is 3.24. The summed E-state index contributed by atoms with van der Waals surface area (Å²) in [6.45, 7) is 3.30. The maximum absolute atomic E-state index is 12.6. The van der Waals surface area contributed by atoms with Crippen LogP contribution < -0.4 is 4.74 Å². The molecule has 1 aliphatic rings. The second-order valence-corrected chi connectivity index (χ2v) is 6.08. The molecule has 0 unspecified atom stereocenters. The van der Waals surface area contributed by atoms with Crippen LogP contribution in [0.5, 0.6) is 5.75 Å². The standard InChI is InChI=1S/C20H21NO4/c1-13(15-9-11-17(24-3)12-10-15)21-18(16-7-5-4-6-8-16)19(20(21)23)25-14(2)22/h4-13,18-19H,1-3H3/t13-,18-,19+/m0/s1. The Bertz CT molecular complexity index is 757. The number of hydrogen-bond acceptors (Lipinski definition) is 4. The van der Waals surface area contributed by atoms with Crippen molar-refractivity contribution in [1.82, 2.24) is 4.90 Å². The maximum Gasteiger partial charge on any atom is 0.303 e. The van der Waals surface area contributed by atoms with Gasteiger partial charge in [0.2, 0.25) is 6.10 Å². The van der Waals surface area contributed by atoms with Crippen molar-refractivity contribution in [3.63, 3.8) is 0 Å². The van der Waals surface area contributed by atoms with E-state index in [2.05, 4.69) is 0 Å². The summed E-state index contributed by atoms with van der Waals surface area (Å²) >= 11 is 0. The van der Waals surface area contributed by atoms with Crippen LogP contribution in [0.15, 0.2) is 54.6 Å². The van der Waals surface area contributed by atoms with Crippen LogP contribution >= 0.6 is 0 Å². The van der Waals surface area contributed by atoms with E-state index in [1.54, 1.807) is 12.0 Å². The van der Waals surface area contributed by atoms with Gasteiger partial charge in [0.1, 0.15) is 11.8 Å². The minimum absolute atomic E-state index is 0.143. The third-order valence-electron chi connectivity index (χ3n) is 4.53. The monoisotopic (exact) mass is 339 g/mol. The molecule has 1 amide bonds. The summed E-state index contributed by atoms with van der Waals surface area (Å²) in [5.41, 5.74) is 1.95. The number of hydrogen-bond donors (Lipinski definition) is 0. The summed E-state index contributed by atoms with van der Waals surface area (Å²) in [4.78, 5) is 25.8. The average molecular weight is 339 g/mol. The number of carbonyl (C=O) groups is 2. The Morgan fingerprint density at radius 1 is 1.08 bits per heavy atom. The number of benzene rings is 2. The highest BCUT2D eigenvalue weighted by Gasteiger charge is 2.52. The number of rotatable bonds is 5. The van der Waals surface area contributed by atoms with E-state index in [1.807, 2.05) is 61.5 Å². The Balaban J connectivity index is 1.89. The number of nitrogens with zero attached hydrogens (tertiary/aromatic N) is 1. The molecular formula is C20H21NO4. The van der Waals surface area contributed by atoms with Crippen LogP contribution in [0.4, 0.5) is 0 Å². The summed E-state index contributed by atoms with van der Waals surface area (Å²) < 4.78 is 10.5. The third kappa shape index (κ3) is 3.22. The smallest absolute Gasteiger partial charge is 0.303 e. The van der Waals surface area contributed by atoms with Gasteiger partial charge in [0, 0.05) is 6.92 Å². The molecule has 3 rings (SSSR count). The normalized spacial score (nSPS) is 20.6. The number of β-lactam (4-membered cyclic amide) rings is 1. The molecule has 5 nitrogen and oxygen atoms in total. The molecule has 1 fully saturated rings. The highest BCUT2D eigenvalue weighted by atomic mass is 16.6. The van der Waals surface area contributed by atoms with Gasteiger partial charge in [0.15, 0.2) is 0 Å². The molecule has 1 saturated heterocycles. The summed E-state index contributed by atoms with van der Waals surface area (Å²) in [7, 11) is 1.62. The fourth-order valence-electron chi connectivity index (χ4n) is 3.24. The van der Waals surface area contributed by atoms with Crippen LogP contribution in [0.2, 0.25) is 0 Å². The van der Waals surface area contributed by atoms with Crippen LogP contribution in [0.1, 0.15) is 37.1 Å². The first-order valence-corrected chi connectivity index (χ1v) is 8.21. The fraction of sp³-hybridized carbons (Fsp3) is 0.300. The van der Waals surface area contributed by atoms with E-state index in [9.17, 15) is 9.59 Å². The first-order chi connectivity index (χ1) is 12.0. The lowest BCUT2D eigenvalue weighted by atomic mass is 9.87. The van der Waals surface area contributed by atoms with Gasteiger partial charge >= 0.3 is 5.97 Å². The first-order valence-electron chi connectivity index (χ1n) is 8.21. The highest BCUT2D eigenvalue weighted by Crippen LogP contribution is 2.43. The van der Waals surface area contributed by atoms with Crippen molar-refractivity contribution in [2.45, 2.75) is 32.0 Å². The van der Waals surface area contributed by atoms with E-state index < -0.39 is 12.1 Å². The van der Waals surface area contributed by atoms with E-state index in [-0.39, 0.29) is 18.0 Å². The third-order valence-corrected chi connectivity index (χ3v) is 4.53. The van der Waals surface area contributed by atoms with Crippen molar-refractivity contribution in [2.24, 2.45) is 0 Å². The van der Waals surface area contributed by atoms with Crippen LogP contribution in [0.3, 0.4) is 0 Å². The molecular weight excluding hydrogens is 318 g/mol. The first kappa shape index (κ1) is 17.0. The van der Waals surface area contributed by atoms with Crippen molar-refractivity contribution >= 4 is 11.9 Å². The second kappa shape index (κ2) is 6.97. The van der Waals surface area contributed by atoms with Gasteiger partial charge in [-0.15, -0.1) is 0 Å². The number of methoxy groups -OCH3 is 1. The zero-order valence-electron chi connectivity index (χ0n) is 14.5. The quantitative estimate of drug-likeness (QED) is 0.620. The number of likely N-dealkylation sites (tertiary alicyclic amines) is 1. The van der Waals surface area contributed by atoms with E-state index >= 15 is 0 Å². The van der Waals surface area contributed by atoms with Crippen LogP contribution in [0, 0.1) is 0 Å². The molecule has 0 spiro atoms. The van der Waals surface area contributed by atoms with Crippen molar-refractivity contribution in [2.75, 3.05) is 7.11 Å². The minimum atomic E-state index is -0.763. The lowest BCUT2D eigenvalue weighted by Crippen LogP contribution is -2.60. The van der Waals surface area contributed by atoms with Gasteiger partial charge in [-0.05, 0) is 30.2 Å². The molecule has 3 atom stereocenters. The molecule has 0 radical (unpaired) electrons. The molecule has 5 heteroatoms. The molecule has 1 aliphatic heterocycles. The van der Waals surface area contributed by atoms with Crippen molar-refractivity contribution in [1.29, 1.82) is 0 Å². The van der Waals surface area contributed by atoms with E-state index in [1.165, 1.54) is 6.92 Å². The number of amides is 1. The lowest BCUT2D eigenvalue weighted by Gasteiger charge is -2.49. The van der Waals surface area contributed by atoms with Crippen LogP contribution in [-0.4, -0.2) is 30.0 Å². The summed E-state index contributed by atoms with van der Waals surface area (Å²) in [6, 6.07) is 16.8. The summed E-state index contributed by atoms with van der Waals surface area (Å²) in [5.74, 6) is 0.145. The van der Waals surface area contributed by atoms with Crippen molar-refractivity contribution < 1.29 is 19.1 Å². The van der Waals surface area contributed by atoms with Gasteiger partial charge in [-0.3, -0.25) is 9.59 Å². The number of ether oxygens (including phenoxy) is 2. The molecule has 130 valence electrons. The minimum Gasteiger partial charge on any atom is -0.497 e. The van der Waals surface area contributed by atoms with Gasteiger partial charge < -0.3 is 14.4 Å². The predicted octanol–water partition coefficient (Wildman–Crippen LogP) is 3.27. The summed E-state index contributed by atoms with van der Waals surface area (Å²) in [6.07, 6.45) is -0.763. The molecule has 2 aromatic carbocycles. The average Bonchev–Trinajstić information content (AvgIpc) is 2.64. The second-order valence-electron chi connectivity index (χ2n) is 6.08. The Morgan fingerprint density at radius 3 is 2.28 bits per heavy atom. The molecule has 1 heterocycles. The zero-order chi connectivity index (χ0) is 18.0. The number of esters is 1. The largest absolute Gasteiger partial charge is 0.497 e. The maximum atomic E-state index is 12.6. The van der Waals surface area contributed by atoms with Gasteiger partial charge in [0.05, 0.1) is 13.2 Å². The van der Waals surface area contributed by atoms with E-state index in [0.29, 0.717) is 0 Å². The Labute approximate surface area is 147 Å². The molecule has 0 saturated carbocycles. The SMILES string of the molecule is COc1ccc([C@H](C)N2C(=O)[C@H](OC(C)=O)[C@@H]2c2ccccc2)cc1. The van der Waals surface area contributed by atoms with Gasteiger partial charge in [-0.2, -0.15) is 0 Å². The Morgan fingerprint density at radius 2 is 1.72 bits per heavy atom. The molecule has 0 aliphatic carbocycles.